The molecule has 0 atom stereocenters. The Morgan fingerprint density at radius 3 is 1.29 bits per heavy atom. The van der Waals surface area contributed by atoms with E-state index in [1.54, 1.807) is 0 Å². The molecular weight excluding hydrogens is 423 g/mol. The summed E-state index contributed by atoms with van der Waals surface area (Å²) in [7, 11) is 0. The van der Waals surface area contributed by atoms with Crippen LogP contribution in [0.5, 0.6) is 0 Å². The molecule has 0 aliphatic rings. The number of hydrogen-bond acceptors (Lipinski definition) is 0. The van der Waals surface area contributed by atoms with E-state index >= 15 is 0 Å². The van der Waals surface area contributed by atoms with Crippen molar-refractivity contribution in [1.82, 2.24) is 0 Å². The molecule has 4 rings (SSSR count). The molecule has 0 aliphatic heterocycles. The average molecular weight is 447 g/mol. The number of benzene rings is 4. The van der Waals surface area contributed by atoms with Crippen LogP contribution >= 0.6 is 20.8 Å². The van der Waals surface area contributed by atoms with E-state index in [1.807, 2.05) is 0 Å². The minimum atomic E-state index is -3.07. The van der Waals surface area contributed by atoms with Gasteiger partial charge in [-0.1, -0.05) is 0 Å². The van der Waals surface area contributed by atoms with Crippen molar-refractivity contribution in [1.29, 1.82) is 0 Å². The maximum atomic E-state index is 4.55. The van der Waals surface area contributed by atoms with Gasteiger partial charge in [0.2, 0.25) is 0 Å². The predicted octanol–water partition coefficient (Wildman–Crippen LogP) is 5.71. The summed E-state index contributed by atoms with van der Waals surface area (Å²) in [6.07, 6.45) is 0.992. The number of rotatable bonds is 5. The summed E-state index contributed by atoms with van der Waals surface area (Å²) in [4.78, 5) is 0. The molecule has 0 saturated heterocycles. The van der Waals surface area contributed by atoms with E-state index in [1.165, 1.54) is 26.8 Å². The van der Waals surface area contributed by atoms with Crippen LogP contribution in [0.25, 0.3) is 0 Å². The molecule has 2 heteroatoms. The molecule has 0 nitrogen and oxygen atoms in total. The summed E-state index contributed by atoms with van der Waals surface area (Å²) < 4.78 is 0. The van der Waals surface area contributed by atoms with Gasteiger partial charge in [0, 0.05) is 0 Å². The zero-order valence-electron chi connectivity index (χ0n) is 16.0. The summed E-state index contributed by atoms with van der Waals surface area (Å²) in [6.45, 7) is 2.24. The van der Waals surface area contributed by atoms with Gasteiger partial charge in [-0.05, 0) is 0 Å². The molecule has 0 heterocycles. The summed E-state index contributed by atoms with van der Waals surface area (Å²) >= 11 is 4.55. The molecule has 0 N–H and O–H groups in total. The van der Waals surface area contributed by atoms with Crippen LogP contribution in [0.4, 0.5) is 0 Å². The van der Waals surface area contributed by atoms with Crippen LogP contribution in [-0.4, -0.2) is 0 Å². The van der Waals surface area contributed by atoms with E-state index in [-0.39, 0.29) is 0 Å². The Hall–Kier alpha value is -2.21. The molecule has 4 aromatic carbocycles. The molecule has 0 amide bonds. The average Bonchev–Trinajstić information content (AvgIpc) is 2.80. The van der Waals surface area contributed by atoms with Crippen LogP contribution in [0.15, 0.2) is 115 Å². The summed E-state index contributed by atoms with van der Waals surface area (Å²) in [5.41, 5.74) is 1.38. The summed E-state index contributed by atoms with van der Waals surface area (Å²) in [5.74, 6) is 0. The second kappa shape index (κ2) is 7.66. The van der Waals surface area contributed by atoms with Crippen LogP contribution in [0, 0.1) is 0 Å². The van der Waals surface area contributed by atoms with Crippen LogP contribution in [0.3, 0.4) is 0 Å². The van der Waals surface area contributed by atoms with Crippen LogP contribution in [0.1, 0.15) is 12.5 Å². The molecule has 4 aromatic rings. The van der Waals surface area contributed by atoms with Crippen molar-refractivity contribution < 1.29 is 0 Å². The first-order valence-corrected chi connectivity index (χ1v) is 13.9. The SMILES string of the molecule is CCc1ccccc1P(Br)(c1ccccc1)(c1ccccc1)c1ccccc1. The Labute approximate surface area is 175 Å². The number of halogens is 1. The Kier molecular flexibility index (Phi) is 5.23. The summed E-state index contributed by atoms with van der Waals surface area (Å²) in [6, 6.07) is 41.8. The van der Waals surface area contributed by atoms with E-state index in [4.69, 9.17) is 0 Å². The fourth-order valence-electron chi connectivity index (χ4n) is 4.21. The molecule has 0 unspecified atom stereocenters. The maximum absolute atomic E-state index is 4.55. The molecule has 0 aliphatic carbocycles. The topological polar surface area (TPSA) is 0 Å². The third-order valence-electron chi connectivity index (χ3n) is 5.55. The zero-order chi connectivity index (χ0) is 19.5. The van der Waals surface area contributed by atoms with Crippen molar-refractivity contribution in [3.05, 3.63) is 121 Å². The number of aryl methyl sites for hydroxylation is 1. The first kappa shape index (κ1) is 19.1. The normalized spacial score (nSPS) is 12.9. The van der Waals surface area contributed by atoms with Crippen molar-refractivity contribution in [3.63, 3.8) is 0 Å². The molecule has 0 fully saturated rings. The quantitative estimate of drug-likeness (QED) is 0.344. The molecule has 0 radical (unpaired) electrons. The zero-order valence-corrected chi connectivity index (χ0v) is 18.5. The van der Waals surface area contributed by atoms with Gasteiger partial charge in [0.1, 0.15) is 0 Å². The second-order valence-electron chi connectivity index (χ2n) is 7.00. The van der Waals surface area contributed by atoms with Gasteiger partial charge in [-0.2, -0.15) is 0 Å². The van der Waals surface area contributed by atoms with Crippen molar-refractivity contribution in [2.75, 3.05) is 0 Å². The van der Waals surface area contributed by atoms with Crippen molar-refractivity contribution in [2.24, 2.45) is 0 Å². The first-order valence-electron chi connectivity index (χ1n) is 9.68. The van der Waals surface area contributed by atoms with Crippen LogP contribution in [0.2, 0.25) is 0 Å². The van der Waals surface area contributed by atoms with Gasteiger partial charge in [0.05, 0.1) is 0 Å². The molecule has 140 valence electrons. The van der Waals surface area contributed by atoms with E-state index in [0.29, 0.717) is 0 Å². The van der Waals surface area contributed by atoms with Gasteiger partial charge in [-0.3, -0.25) is 0 Å². The van der Waals surface area contributed by atoms with Crippen LogP contribution in [-0.2, 0) is 6.42 Å². The molecule has 0 aromatic heterocycles. The van der Waals surface area contributed by atoms with Gasteiger partial charge >= 0.3 is 176 Å². The molecule has 28 heavy (non-hydrogen) atoms. The Morgan fingerprint density at radius 1 is 0.536 bits per heavy atom. The predicted molar refractivity (Wildman–Crippen MR) is 130 cm³/mol. The van der Waals surface area contributed by atoms with Crippen molar-refractivity contribution in [3.8, 4) is 0 Å². The van der Waals surface area contributed by atoms with Gasteiger partial charge in [-0.15, -0.1) is 0 Å². The second-order valence-corrected chi connectivity index (χ2v) is 15.3. The van der Waals surface area contributed by atoms with Gasteiger partial charge in [0.15, 0.2) is 0 Å². The van der Waals surface area contributed by atoms with Crippen molar-refractivity contribution >= 4 is 42.0 Å². The van der Waals surface area contributed by atoms with Crippen molar-refractivity contribution in [2.45, 2.75) is 13.3 Å². The third-order valence-corrected chi connectivity index (χ3v) is 15.5. The van der Waals surface area contributed by atoms with Gasteiger partial charge in [0.25, 0.3) is 0 Å². The fraction of sp³-hybridized carbons (Fsp3) is 0.0769. The molecule has 0 spiro atoms. The Morgan fingerprint density at radius 2 is 0.893 bits per heavy atom. The van der Waals surface area contributed by atoms with Gasteiger partial charge in [-0.25, -0.2) is 0 Å². The standard InChI is InChI=1S/C26H24BrP/c1-2-22-14-12-13-21-26(22)28(27,23-15-6-3-7-16-23,24-17-8-4-9-18-24)25-19-10-5-11-20-25/h3-21H,2H2,1H3. The Balaban J connectivity index is 2.26. The minimum absolute atomic E-state index is 0.992. The fourth-order valence-corrected chi connectivity index (χ4v) is 12.4. The number of hydrogen-bond donors (Lipinski definition) is 0. The van der Waals surface area contributed by atoms with E-state index in [9.17, 15) is 0 Å². The molecular formula is C26H24BrP. The molecule has 0 bridgehead atoms. The third kappa shape index (κ3) is 2.77. The monoisotopic (exact) mass is 446 g/mol. The van der Waals surface area contributed by atoms with E-state index in [2.05, 4.69) is 138 Å². The van der Waals surface area contributed by atoms with E-state index < -0.39 is 5.31 Å². The molecule has 0 saturated carbocycles. The van der Waals surface area contributed by atoms with E-state index in [0.717, 1.165) is 6.42 Å². The van der Waals surface area contributed by atoms with Gasteiger partial charge < -0.3 is 0 Å². The Bertz CT molecular complexity index is 960. The van der Waals surface area contributed by atoms with Crippen LogP contribution < -0.4 is 21.2 Å². The first-order chi connectivity index (χ1) is 13.7. The summed E-state index contributed by atoms with van der Waals surface area (Å²) in [5, 5.41) is 2.29.